The van der Waals surface area contributed by atoms with E-state index in [1.807, 2.05) is 18.2 Å². The number of halogens is 2. The largest absolute Gasteiger partial charge is 0.464 e. The summed E-state index contributed by atoms with van der Waals surface area (Å²) in [4.78, 5) is 0. The number of rotatable bonds is 1. The molecule has 1 aromatic carbocycles. The number of hydrogen-bond donors (Lipinski definition) is 0. The third kappa shape index (κ3) is 1.71. The molecule has 0 aliphatic rings. The molecule has 1 aromatic heterocycles. The minimum Gasteiger partial charge on any atom is -0.464 e. The standard InChI is InChI=1S/C10H6Cl2O/c11-8-4-3-7(6-9(8)12)10-2-1-5-13-10/h1-6H. The van der Waals surface area contributed by atoms with Crippen LogP contribution in [0, 0.1) is 0 Å². The number of furan rings is 1. The van der Waals surface area contributed by atoms with Gasteiger partial charge in [0.25, 0.3) is 0 Å². The van der Waals surface area contributed by atoms with E-state index < -0.39 is 0 Å². The first-order valence-corrected chi connectivity index (χ1v) is 4.52. The SMILES string of the molecule is Clc1ccc(-c2ccco2)cc1Cl. The summed E-state index contributed by atoms with van der Waals surface area (Å²) in [7, 11) is 0. The van der Waals surface area contributed by atoms with Gasteiger partial charge in [-0.05, 0) is 30.3 Å². The van der Waals surface area contributed by atoms with Gasteiger partial charge in [0.2, 0.25) is 0 Å². The zero-order chi connectivity index (χ0) is 9.26. The zero-order valence-corrected chi connectivity index (χ0v) is 8.14. The summed E-state index contributed by atoms with van der Waals surface area (Å²) >= 11 is 11.6. The van der Waals surface area contributed by atoms with E-state index in [-0.39, 0.29) is 0 Å². The topological polar surface area (TPSA) is 13.1 Å². The fourth-order valence-corrected chi connectivity index (χ4v) is 1.39. The lowest BCUT2D eigenvalue weighted by Gasteiger charge is -1.98. The van der Waals surface area contributed by atoms with Gasteiger partial charge in [0.15, 0.2) is 0 Å². The quantitative estimate of drug-likeness (QED) is 0.689. The van der Waals surface area contributed by atoms with Crippen molar-refractivity contribution in [2.75, 3.05) is 0 Å². The molecule has 0 N–H and O–H groups in total. The van der Waals surface area contributed by atoms with Crippen molar-refractivity contribution in [2.24, 2.45) is 0 Å². The van der Waals surface area contributed by atoms with Crippen molar-refractivity contribution < 1.29 is 4.42 Å². The molecule has 0 bridgehead atoms. The van der Waals surface area contributed by atoms with Crippen LogP contribution in [0.3, 0.4) is 0 Å². The minimum atomic E-state index is 0.538. The van der Waals surface area contributed by atoms with Crippen molar-refractivity contribution in [3.8, 4) is 11.3 Å². The second kappa shape index (κ2) is 3.44. The Kier molecular flexibility index (Phi) is 2.30. The average Bonchev–Trinajstić information content (AvgIpc) is 2.62. The Morgan fingerprint density at radius 3 is 2.46 bits per heavy atom. The van der Waals surface area contributed by atoms with E-state index >= 15 is 0 Å². The second-order valence-corrected chi connectivity index (χ2v) is 3.42. The molecule has 0 fully saturated rings. The zero-order valence-electron chi connectivity index (χ0n) is 6.63. The minimum absolute atomic E-state index is 0.538. The summed E-state index contributed by atoms with van der Waals surface area (Å²) in [6.07, 6.45) is 1.62. The summed E-state index contributed by atoms with van der Waals surface area (Å²) in [5.41, 5.74) is 0.930. The van der Waals surface area contributed by atoms with Gasteiger partial charge in [-0.1, -0.05) is 23.2 Å². The van der Waals surface area contributed by atoms with Gasteiger partial charge in [-0.25, -0.2) is 0 Å². The third-order valence-corrected chi connectivity index (χ3v) is 2.46. The van der Waals surface area contributed by atoms with Gasteiger partial charge in [-0.3, -0.25) is 0 Å². The van der Waals surface area contributed by atoms with E-state index in [0.717, 1.165) is 11.3 Å². The molecule has 0 amide bonds. The van der Waals surface area contributed by atoms with Crippen molar-refractivity contribution in [3.63, 3.8) is 0 Å². The van der Waals surface area contributed by atoms with Gasteiger partial charge in [-0.15, -0.1) is 0 Å². The molecule has 3 heteroatoms. The van der Waals surface area contributed by atoms with Crippen LogP contribution in [-0.2, 0) is 0 Å². The Hall–Kier alpha value is -0.920. The molecular formula is C10H6Cl2O. The summed E-state index contributed by atoms with van der Waals surface area (Å²) in [5, 5.41) is 1.09. The Balaban J connectivity index is 2.49. The van der Waals surface area contributed by atoms with Gasteiger partial charge in [0, 0.05) is 5.56 Å². The predicted octanol–water partition coefficient (Wildman–Crippen LogP) is 4.25. The molecular weight excluding hydrogens is 207 g/mol. The summed E-state index contributed by atoms with van der Waals surface area (Å²) in [6, 6.07) is 9.11. The maximum Gasteiger partial charge on any atom is 0.133 e. The normalized spacial score (nSPS) is 10.3. The lowest BCUT2D eigenvalue weighted by Crippen LogP contribution is -1.74. The first kappa shape index (κ1) is 8.67. The van der Waals surface area contributed by atoms with Crippen LogP contribution in [0.5, 0.6) is 0 Å². The van der Waals surface area contributed by atoms with Gasteiger partial charge in [0.1, 0.15) is 5.76 Å². The molecule has 0 aliphatic carbocycles. The maximum absolute atomic E-state index is 5.86. The number of hydrogen-bond acceptors (Lipinski definition) is 1. The molecule has 2 aromatic rings. The lowest BCUT2D eigenvalue weighted by atomic mass is 10.2. The van der Waals surface area contributed by atoms with Crippen LogP contribution >= 0.6 is 23.2 Å². The van der Waals surface area contributed by atoms with Gasteiger partial charge in [-0.2, -0.15) is 0 Å². The van der Waals surface area contributed by atoms with E-state index in [4.69, 9.17) is 27.6 Å². The molecule has 0 saturated heterocycles. The molecule has 0 unspecified atom stereocenters. The number of benzene rings is 1. The smallest absolute Gasteiger partial charge is 0.133 e. The fourth-order valence-electron chi connectivity index (χ4n) is 1.09. The molecule has 0 aliphatic heterocycles. The summed E-state index contributed by atoms with van der Waals surface area (Å²) in [6.45, 7) is 0. The van der Waals surface area contributed by atoms with Gasteiger partial charge < -0.3 is 4.42 Å². The molecule has 13 heavy (non-hydrogen) atoms. The fraction of sp³-hybridized carbons (Fsp3) is 0. The van der Waals surface area contributed by atoms with Crippen molar-refractivity contribution in [2.45, 2.75) is 0 Å². The highest BCUT2D eigenvalue weighted by Gasteiger charge is 2.03. The lowest BCUT2D eigenvalue weighted by molar-refractivity contribution is 0.582. The first-order chi connectivity index (χ1) is 6.27. The van der Waals surface area contributed by atoms with Crippen LogP contribution in [0.25, 0.3) is 11.3 Å². The van der Waals surface area contributed by atoms with E-state index in [1.54, 1.807) is 18.4 Å². The molecule has 0 atom stereocenters. The van der Waals surface area contributed by atoms with Crippen molar-refractivity contribution in [3.05, 3.63) is 46.6 Å². The van der Waals surface area contributed by atoms with E-state index in [9.17, 15) is 0 Å². The third-order valence-electron chi connectivity index (χ3n) is 1.73. The highest BCUT2D eigenvalue weighted by Crippen LogP contribution is 2.28. The summed E-state index contributed by atoms with van der Waals surface area (Å²) in [5.74, 6) is 0.790. The van der Waals surface area contributed by atoms with Crippen molar-refractivity contribution in [1.82, 2.24) is 0 Å². The van der Waals surface area contributed by atoms with Crippen LogP contribution in [-0.4, -0.2) is 0 Å². The molecule has 0 spiro atoms. The van der Waals surface area contributed by atoms with Crippen molar-refractivity contribution >= 4 is 23.2 Å². The Morgan fingerprint density at radius 1 is 1.00 bits per heavy atom. The predicted molar refractivity (Wildman–Crippen MR) is 54.2 cm³/mol. The first-order valence-electron chi connectivity index (χ1n) is 3.76. The average molecular weight is 213 g/mol. The molecule has 0 radical (unpaired) electrons. The van der Waals surface area contributed by atoms with Gasteiger partial charge in [0.05, 0.1) is 16.3 Å². The Labute approximate surface area is 85.9 Å². The highest BCUT2D eigenvalue weighted by atomic mass is 35.5. The monoisotopic (exact) mass is 212 g/mol. The van der Waals surface area contributed by atoms with Crippen molar-refractivity contribution in [1.29, 1.82) is 0 Å². The molecule has 66 valence electrons. The second-order valence-electron chi connectivity index (χ2n) is 2.61. The molecule has 1 nitrogen and oxygen atoms in total. The Morgan fingerprint density at radius 2 is 1.85 bits per heavy atom. The maximum atomic E-state index is 5.86. The molecule has 2 rings (SSSR count). The molecule has 0 saturated carbocycles. The summed E-state index contributed by atoms with van der Waals surface area (Å²) < 4.78 is 5.21. The van der Waals surface area contributed by atoms with E-state index in [0.29, 0.717) is 10.0 Å². The molecule has 1 heterocycles. The van der Waals surface area contributed by atoms with E-state index in [1.165, 1.54) is 0 Å². The van der Waals surface area contributed by atoms with Crippen LogP contribution < -0.4 is 0 Å². The highest BCUT2D eigenvalue weighted by molar-refractivity contribution is 6.42. The Bertz CT molecular complexity index is 407. The van der Waals surface area contributed by atoms with Crippen LogP contribution in [0.1, 0.15) is 0 Å². The van der Waals surface area contributed by atoms with Crippen LogP contribution in [0.2, 0.25) is 10.0 Å². The van der Waals surface area contributed by atoms with E-state index in [2.05, 4.69) is 0 Å². The van der Waals surface area contributed by atoms with Crippen LogP contribution in [0.4, 0.5) is 0 Å². The van der Waals surface area contributed by atoms with Gasteiger partial charge >= 0.3 is 0 Å². The van der Waals surface area contributed by atoms with Crippen LogP contribution in [0.15, 0.2) is 41.0 Å².